The zero-order chi connectivity index (χ0) is 20.2. The molecule has 0 saturated carbocycles. The van der Waals surface area contributed by atoms with E-state index in [-0.39, 0.29) is 23.7 Å². The minimum atomic E-state index is -4.70. The summed E-state index contributed by atoms with van der Waals surface area (Å²) in [5.41, 5.74) is -2.04. The third kappa shape index (κ3) is 5.65. The molecule has 2 N–H and O–H groups in total. The number of rotatable bonds is 7. The Labute approximate surface area is 160 Å². The molecular weight excluding hydrogens is 455 g/mol. The van der Waals surface area contributed by atoms with Crippen molar-refractivity contribution < 1.29 is 26.5 Å². The number of hydrogen-bond donors (Lipinski definition) is 2. The van der Waals surface area contributed by atoms with Crippen molar-refractivity contribution >= 4 is 37.3 Å². The summed E-state index contributed by atoms with van der Waals surface area (Å²) in [4.78, 5) is 10.1. The second-order valence-corrected chi connectivity index (χ2v) is 7.95. The van der Waals surface area contributed by atoms with E-state index in [4.69, 9.17) is 0 Å². The second kappa shape index (κ2) is 8.23. The number of hydrogen-bond acceptors (Lipinski definition) is 5. The van der Waals surface area contributed by atoms with Gasteiger partial charge in [0.15, 0.2) is 0 Å². The Bertz CT molecular complexity index is 934. The van der Waals surface area contributed by atoms with E-state index in [1.54, 1.807) is 12.1 Å². The quantitative estimate of drug-likeness (QED) is 0.366. The number of nitro benzene ring substituents is 1. The molecule has 0 aliphatic heterocycles. The van der Waals surface area contributed by atoms with Gasteiger partial charge in [0.05, 0.1) is 15.4 Å². The van der Waals surface area contributed by atoms with Crippen molar-refractivity contribution in [3.05, 3.63) is 62.6 Å². The van der Waals surface area contributed by atoms with Gasteiger partial charge >= 0.3 is 6.18 Å². The third-order valence-corrected chi connectivity index (χ3v) is 5.38. The molecule has 0 aliphatic carbocycles. The summed E-state index contributed by atoms with van der Waals surface area (Å²) in [6.45, 7) is -0.196. The molecule has 0 aromatic heterocycles. The summed E-state index contributed by atoms with van der Waals surface area (Å²) >= 11 is 3.19. The fourth-order valence-corrected chi connectivity index (χ4v) is 3.38. The molecule has 0 atom stereocenters. The first-order valence-electron chi connectivity index (χ1n) is 7.35. The van der Waals surface area contributed by atoms with Gasteiger partial charge in [-0.05, 0) is 36.4 Å². The number of nitrogens with one attached hydrogen (secondary N) is 2. The van der Waals surface area contributed by atoms with E-state index in [0.717, 1.165) is 6.07 Å². The fraction of sp³-hybridized carbons (Fsp3) is 0.200. The molecule has 0 radical (unpaired) electrons. The average molecular weight is 468 g/mol. The van der Waals surface area contributed by atoms with Crippen LogP contribution in [0.2, 0.25) is 0 Å². The van der Waals surface area contributed by atoms with Crippen LogP contribution in [0.4, 0.5) is 24.5 Å². The molecule has 2 rings (SSSR count). The molecule has 0 saturated heterocycles. The zero-order valence-corrected chi connectivity index (χ0v) is 15.9. The number of alkyl halides is 3. The molecule has 0 fully saturated rings. The maximum Gasteiger partial charge on any atom is 0.416 e. The first-order chi connectivity index (χ1) is 12.5. The Morgan fingerprint density at radius 3 is 2.26 bits per heavy atom. The van der Waals surface area contributed by atoms with Crippen molar-refractivity contribution in [1.82, 2.24) is 4.72 Å². The van der Waals surface area contributed by atoms with Crippen molar-refractivity contribution in [1.29, 1.82) is 0 Å². The number of nitro groups is 1. The van der Waals surface area contributed by atoms with Gasteiger partial charge in [-0.2, -0.15) is 13.2 Å². The lowest BCUT2D eigenvalue weighted by molar-refractivity contribution is -0.384. The van der Waals surface area contributed by atoms with Crippen LogP contribution in [0.5, 0.6) is 0 Å². The number of anilines is 1. The number of nitrogens with zero attached hydrogens (tertiary/aromatic N) is 1. The minimum absolute atomic E-state index is 0.0335. The van der Waals surface area contributed by atoms with Crippen molar-refractivity contribution in [3.8, 4) is 0 Å². The molecule has 0 spiro atoms. The standard InChI is InChI=1S/C15H13BrF3N3O4S/c16-11-2-4-12(5-3-11)27(25,26)21-8-7-20-13-6-1-10(15(17,18)19)9-14(13)22(23)24/h1-6,9,20-21H,7-8H2. The van der Waals surface area contributed by atoms with Crippen LogP contribution < -0.4 is 10.0 Å². The molecule has 0 aliphatic rings. The molecular formula is C15H13BrF3N3O4S. The van der Waals surface area contributed by atoms with Crippen molar-refractivity contribution in [2.75, 3.05) is 18.4 Å². The maximum absolute atomic E-state index is 12.7. The van der Waals surface area contributed by atoms with Crippen LogP contribution in [0, 0.1) is 10.1 Å². The molecule has 27 heavy (non-hydrogen) atoms. The minimum Gasteiger partial charge on any atom is -0.378 e. The van der Waals surface area contributed by atoms with Gasteiger partial charge in [0.2, 0.25) is 10.0 Å². The highest BCUT2D eigenvalue weighted by Crippen LogP contribution is 2.34. The highest BCUT2D eigenvalue weighted by molar-refractivity contribution is 9.10. The maximum atomic E-state index is 12.7. The lowest BCUT2D eigenvalue weighted by Gasteiger charge is -2.11. The molecule has 146 valence electrons. The van der Waals surface area contributed by atoms with E-state index < -0.39 is 32.4 Å². The van der Waals surface area contributed by atoms with Crippen molar-refractivity contribution in [3.63, 3.8) is 0 Å². The highest BCUT2D eigenvalue weighted by Gasteiger charge is 2.33. The van der Waals surface area contributed by atoms with Gasteiger partial charge in [-0.15, -0.1) is 0 Å². The Balaban J connectivity index is 2.02. The number of sulfonamides is 1. The molecule has 0 heterocycles. The Hall–Kier alpha value is -2.18. The molecule has 0 unspecified atom stereocenters. The zero-order valence-electron chi connectivity index (χ0n) is 13.5. The van der Waals surface area contributed by atoms with Gasteiger partial charge in [0, 0.05) is 23.6 Å². The van der Waals surface area contributed by atoms with E-state index in [1.807, 2.05) is 0 Å². The van der Waals surface area contributed by atoms with Crippen molar-refractivity contribution in [2.45, 2.75) is 11.1 Å². The summed E-state index contributed by atoms with van der Waals surface area (Å²) in [6.07, 6.45) is -4.70. The van der Waals surface area contributed by atoms with Gasteiger partial charge in [0.25, 0.3) is 5.69 Å². The second-order valence-electron chi connectivity index (χ2n) is 5.27. The van der Waals surface area contributed by atoms with Crippen LogP contribution in [0.25, 0.3) is 0 Å². The van der Waals surface area contributed by atoms with E-state index in [2.05, 4.69) is 26.0 Å². The predicted octanol–water partition coefficient (Wildman–Crippen LogP) is 3.77. The highest BCUT2D eigenvalue weighted by atomic mass is 79.9. The lowest BCUT2D eigenvalue weighted by atomic mass is 10.1. The SMILES string of the molecule is O=[N+]([O-])c1cc(C(F)(F)F)ccc1NCCNS(=O)(=O)c1ccc(Br)cc1. The van der Waals surface area contributed by atoms with Gasteiger partial charge in [-0.3, -0.25) is 10.1 Å². The predicted molar refractivity (Wildman–Crippen MR) is 95.9 cm³/mol. The van der Waals surface area contributed by atoms with E-state index in [0.29, 0.717) is 16.6 Å². The Kier molecular flexibility index (Phi) is 6.44. The first kappa shape index (κ1) is 21.1. The molecule has 2 aromatic rings. The lowest BCUT2D eigenvalue weighted by Crippen LogP contribution is -2.29. The van der Waals surface area contributed by atoms with Crippen LogP contribution in [-0.2, 0) is 16.2 Å². The monoisotopic (exact) mass is 467 g/mol. The molecule has 2 aromatic carbocycles. The van der Waals surface area contributed by atoms with Gasteiger partial charge in [-0.1, -0.05) is 15.9 Å². The molecule has 0 amide bonds. The van der Waals surface area contributed by atoms with Gasteiger partial charge in [-0.25, -0.2) is 13.1 Å². The van der Waals surface area contributed by atoms with Crippen LogP contribution in [0.1, 0.15) is 5.56 Å². The summed E-state index contributed by atoms with van der Waals surface area (Å²) in [7, 11) is -3.78. The average Bonchev–Trinajstić information content (AvgIpc) is 2.58. The first-order valence-corrected chi connectivity index (χ1v) is 9.63. The van der Waals surface area contributed by atoms with E-state index >= 15 is 0 Å². The van der Waals surface area contributed by atoms with E-state index in [1.165, 1.54) is 12.1 Å². The molecule has 0 bridgehead atoms. The van der Waals surface area contributed by atoms with Gasteiger partial charge in [0.1, 0.15) is 5.69 Å². The van der Waals surface area contributed by atoms with E-state index in [9.17, 15) is 31.7 Å². The van der Waals surface area contributed by atoms with Crippen LogP contribution in [0.15, 0.2) is 51.8 Å². The molecule has 12 heteroatoms. The summed E-state index contributed by atoms with van der Waals surface area (Å²) in [5, 5.41) is 13.6. The summed E-state index contributed by atoms with van der Waals surface area (Å²) in [6, 6.07) is 7.96. The van der Waals surface area contributed by atoms with Crippen LogP contribution >= 0.6 is 15.9 Å². The van der Waals surface area contributed by atoms with Crippen LogP contribution in [0.3, 0.4) is 0 Å². The summed E-state index contributed by atoms with van der Waals surface area (Å²) in [5.74, 6) is 0. The third-order valence-electron chi connectivity index (χ3n) is 3.38. The van der Waals surface area contributed by atoms with Crippen LogP contribution in [-0.4, -0.2) is 26.4 Å². The normalized spacial score (nSPS) is 12.0. The largest absolute Gasteiger partial charge is 0.416 e. The van der Waals surface area contributed by atoms with Gasteiger partial charge < -0.3 is 5.32 Å². The smallest absolute Gasteiger partial charge is 0.378 e. The molecule has 7 nitrogen and oxygen atoms in total. The summed E-state index contributed by atoms with van der Waals surface area (Å²) < 4.78 is 65.2. The topological polar surface area (TPSA) is 101 Å². The Morgan fingerprint density at radius 1 is 1.07 bits per heavy atom. The fourth-order valence-electron chi connectivity index (χ4n) is 2.09. The van der Waals surface area contributed by atoms with Crippen molar-refractivity contribution in [2.24, 2.45) is 0 Å². The Morgan fingerprint density at radius 2 is 1.70 bits per heavy atom. The number of benzene rings is 2. The number of halogens is 4.